The zero-order valence-corrected chi connectivity index (χ0v) is 16.6. The number of nitrogens with one attached hydrogen (secondary N) is 2. The van der Waals surface area contributed by atoms with Gasteiger partial charge in [0, 0.05) is 4.88 Å². The Labute approximate surface area is 164 Å². The number of esters is 1. The van der Waals surface area contributed by atoms with Crippen molar-refractivity contribution in [1.82, 2.24) is 0 Å². The largest absolute Gasteiger partial charge is 0.462 e. The summed E-state index contributed by atoms with van der Waals surface area (Å²) in [6.07, 6.45) is 4.26. The second-order valence-electron chi connectivity index (χ2n) is 6.80. The summed E-state index contributed by atoms with van der Waals surface area (Å²) in [7, 11) is 0. The van der Waals surface area contributed by atoms with Crippen LogP contribution in [0.25, 0.3) is 10.4 Å². The summed E-state index contributed by atoms with van der Waals surface area (Å²) in [5.74, 6) is -0.437. The number of benzene rings is 1. The number of quaternary nitrogens is 1. The Kier molecular flexibility index (Phi) is 7.01. The summed E-state index contributed by atoms with van der Waals surface area (Å²) in [4.78, 5) is 27.2. The molecule has 0 saturated carbocycles. The Hall–Kier alpha value is -2.18. The van der Waals surface area contributed by atoms with E-state index in [-0.39, 0.29) is 5.91 Å². The molecule has 144 valence electrons. The van der Waals surface area contributed by atoms with Crippen LogP contribution in [0, 0.1) is 0 Å². The summed E-state index contributed by atoms with van der Waals surface area (Å²) >= 11 is 1.42. The lowest BCUT2D eigenvalue weighted by atomic mass is 10.1. The van der Waals surface area contributed by atoms with Gasteiger partial charge in [-0.1, -0.05) is 30.3 Å². The van der Waals surface area contributed by atoms with Crippen molar-refractivity contribution < 1.29 is 19.2 Å². The second-order valence-corrected chi connectivity index (χ2v) is 7.85. The molecular formula is C21H27N2O3S+. The SMILES string of the molecule is CCOC(=O)c1cc(-c2ccccc2)sc1NC(=O)CC[NH+]1CCCCC1. The van der Waals surface area contributed by atoms with Gasteiger partial charge in [-0.25, -0.2) is 4.79 Å². The van der Waals surface area contributed by atoms with Gasteiger partial charge in [-0.15, -0.1) is 11.3 Å². The third kappa shape index (κ3) is 5.40. The molecule has 0 bridgehead atoms. The van der Waals surface area contributed by atoms with Crippen LogP contribution in [0.2, 0.25) is 0 Å². The van der Waals surface area contributed by atoms with Gasteiger partial charge in [-0.3, -0.25) is 4.79 Å². The van der Waals surface area contributed by atoms with Crippen LogP contribution >= 0.6 is 11.3 Å². The van der Waals surface area contributed by atoms with Gasteiger partial charge in [0.05, 0.1) is 38.2 Å². The Morgan fingerprint density at radius 1 is 1.15 bits per heavy atom. The molecule has 0 atom stereocenters. The van der Waals surface area contributed by atoms with Gasteiger partial charge in [0.25, 0.3) is 0 Å². The van der Waals surface area contributed by atoms with E-state index in [1.807, 2.05) is 36.4 Å². The second kappa shape index (κ2) is 9.67. The minimum absolute atomic E-state index is 0.0416. The fourth-order valence-corrected chi connectivity index (χ4v) is 4.44. The minimum atomic E-state index is -0.395. The normalized spacial score (nSPS) is 14.7. The summed E-state index contributed by atoms with van der Waals surface area (Å²) in [6.45, 7) is 5.23. The van der Waals surface area contributed by atoms with Crippen molar-refractivity contribution in [2.75, 3.05) is 31.6 Å². The molecule has 0 spiro atoms. The number of anilines is 1. The van der Waals surface area contributed by atoms with Crippen LogP contribution in [-0.2, 0) is 9.53 Å². The number of ether oxygens (including phenoxy) is 1. The zero-order valence-electron chi connectivity index (χ0n) is 15.8. The van der Waals surface area contributed by atoms with Crippen LogP contribution in [0.1, 0.15) is 43.0 Å². The summed E-state index contributed by atoms with van der Waals surface area (Å²) in [6, 6.07) is 11.7. The highest BCUT2D eigenvalue weighted by atomic mass is 32.1. The summed E-state index contributed by atoms with van der Waals surface area (Å²) in [5.41, 5.74) is 1.45. The Morgan fingerprint density at radius 2 is 1.89 bits per heavy atom. The van der Waals surface area contributed by atoms with Gasteiger partial charge < -0.3 is 15.0 Å². The lowest BCUT2D eigenvalue weighted by Crippen LogP contribution is -3.12. The van der Waals surface area contributed by atoms with Gasteiger partial charge in [-0.2, -0.15) is 0 Å². The number of hydrogen-bond acceptors (Lipinski definition) is 4. The lowest BCUT2D eigenvalue weighted by molar-refractivity contribution is -0.904. The number of thiophene rings is 1. The van der Waals surface area contributed by atoms with Gasteiger partial charge >= 0.3 is 5.97 Å². The first-order valence-electron chi connectivity index (χ1n) is 9.67. The average molecular weight is 388 g/mol. The maximum Gasteiger partial charge on any atom is 0.341 e. The number of carbonyl (C=O) groups is 2. The zero-order chi connectivity index (χ0) is 19.1. The molecule has 1 aromatic heterocycles. The quantitative estimate of drug-likeness (QED) is 0.718. The first kappa shape index (κ1) is 19.6. The molecule has 0 radical (unpaired) electrons. The molecular weight excluding hydrogens is 360 g/mol. The molecule has 2 aromatic rings. The Bertz CT molecular complexity index is 767. The van der Waals surface area contributed by atoms with Crippen LogP contribution in [0.5, 0.6) is 0 Å². The van der Waals surface area contributed by atoms with E-state index in [9.17, 15) is 9.59 Å². The number of hydrogen-bond donors (Lipinski definition) is 2. The van der Waals surface area contributed by atoms with Crippen LogP contribution in [-0.4, -0.2) is 38.1 Å². The molecule has 1 aliphatic heterocycles. The molecule has 1 amide bonds. The van der Waals surface area contributed by atoms with Crippen molar-refractivity contribution >= 4 is 28.2 Å². The van der Waals surface area contributed by atoms with E-state index < -0.39 is 5.97 Å². The predicted octanol–water partition coefficient (Wildman–Crippen LogP) is 2.99. The molecule has 3 rings (SSSR count). The highest BCUT2D eigenvalue weighted by Gasteiger charge is 2.21. The lowest BCUT2D eigenvalue weighted by Gasteiger charge is -2.23. The molecule has 1 aromatic carbocycles. The maximum atomic E-state index is 12.5. The third-order valence-corrected chi connectivity index (χ3v) is 5.90. The van der Waals surface area contributed by atoms with Crippen molar-refractivity contribution in [2.24, 2.45) is 0 Å². The van der Waals surface area contributed by atoms with E-state index in [4.69, 9.17) is 4.74 Å². The van der Waals surface area contributed by atoms with Crippen LogP contribution < -0.4 is 10.2 Å². The average Bonchev–Trinajstić information content (AvgIpc) is 3.12. The fraction of sp³-hybridized carbons (Fsp3) is 0.429. The fourth-order valence-electron chi connectivity index (χ4n) is 3.37. The summed E-state index contributed by atoms with van der Waals surface area (Å²) < 4.78 is 5.17. The standard InChI is InChI=1S/C21H26N2O3S/c1-2-26-21(25)17-15-18(16-9-5-3-6-10-16)27-20(17)22-19(24)11-14-23-12-7-4-8-13-23/h3,5-6,9-10,15H,2,4,7-8,11-14H2,1H3,(H,22,24)/p+1. The molecule has 27 heavy (non-hydrogen) atoms. The smallest absolute Gasteiger partial charge is 0.341 e. The first-order chi connectivity index (χ1) is 13.2. The van der Waals surface area contributed by atoms with Crippen LogP contribution in [0.4, 0.5) is 5.00 Å². The van der Waals surface area contributed by atoms with Crippen molar-refractivity contribution in [3.05, 3.63) is 42.0 Å². The van der Waals surface area contributed by atoms with E-state index in [2.05, 4.69) is 5.32 Å². The van der Waals surface area contributed by atoms with E-state index in [0.717, 1.165) is 30.1 Å². The van der Waals surface area contributed by atoms with Gasteiger partial charge in [0.15, 0.2) is 0 Å². The third-order valence-electron chi connectivity index (χ3n) is 4.80. The molecule has 2 N–H and O–H groups in total. The molecule has 0 aliphatic carbocycles. The number of rotatable bonds is 7. The van der Waals surface area contributed by atoms with Crippen LogP contribution in [0.3, 0.4) is 0 Å². The van der Waals surface area contributed by atoms with Crippen molar-refractivity contribution in [1.29, 1.82) is 0 Å². The number of piperidine rings is 1. The van der Waals surface area contributed by atoms with E-state index >= 15 is 0 Å². The van der Waals surface area contributed by atoms with Crippen molar-refractivity contribution in [3.63, 3.8) is 0 Å². The Morgan fingerprint density at radius 3 is 2.59 bits per heavy atom. The Balaban J connectivity index is 1.71. The highest BCUT2D eigenvalue weighted by Crippen LogP contribution is 2.36. The minimum Gasteiger partial charge on any atom is -0.462 e. The molecule has 1 aliphatic rings. The highest BCUT2D eigenvalue weighted by molar-refractivity contribution is 7.20. The topological polar surface area (TPSA) is 59.8 Å². The van der Waals surface area contributed by atoms with Gasteiger partial charge in [-0.05, 0) is 37.8 Å². The predicted molar refractivity (Wildman–Crippen MR) is 108 cm³/mol. The molecule has 1 fully saturated rings. The van der Waals surface area contributed by atoms with E-state index in [0.29, 0.717) is 23.6 Å². The molecule has 5 nitrogen and oxygen atoms in total. The molecule has 0 unspecified atom stereocenters. The number of likely N-dealkylation sites (tertiary alicyclic amines) is 1. The van der Waals surface area contributed by atoms with Crippen LogP contribution in [0.15, 0.2) is 36.4 Å². The van der Waals surface area contributed by atoms with Gasteiger partial charge in [0.1, 0.15) is 5.00 Å². The first-order valence-corrected chi connectivity index (χ1v) is 10.5. The number of amides is 1. The van der Waals surface area contributed by atoms with E-state index in [1.54, 1.807) is 6.92 Å². The monoisotopic (exact) mass is 387 g/mol. The maximum absolute atomic E-state index is 12.5. The van der Waals surface area contributed by atoms with Crippen molar-refractivity contribution in [2.45, 2.75) is 32.6 Å². The number of carbonyl (C=O) groups excluding carboxylic acids is 2. The molecule has 6 heteroatoms. The van der Waals surface area contributed by atoms with E-state index in [1.165, 1.54) is 35.5 Å². The molecule has 1 saturated heterocycles. The van der Waals surface area contributed by atoms with Gasteiger partial charge in [0.2, 0.25) is 5.91 Å². The summed E-state index contributed by atoms with van der Waals surface area (Å²) in [5, 5.41) is 3.52. The molecule has 2 heterocycles. The van der Waals surface area contributed by atoms with Crippen molar-refractivity contribution in [3.8, 4) is 10.4 Å².